The highest BCUT2D eigenvalue weighted by molar-refractivity contribution is 7.98. The van der Waals surface area contributed by atoms with Gasteiger partial charge in [0.25, 0.3) is 5.91 Å². The van der Waals surface area contributed by atoms with Crippen LogP contribution in [0.1, 0.15) is 30.1 Å². The molecule has 0 aliphatic carbocycles. The average molecular weight is 373 g/mol. The Balaban J connectivity index is 2.28. The van der Waals surface area contributed by atoms with E-state index in [1.165, 1.54) is 17.8 Å². The minimum Gasteiger partial charge on any atom is -0.378 e. The molecule has 134 valence electrons. The zero-order valence-corrected chi connectivity index (χ0v) is 15.7. The first-order valence-corrected chi connectivity index (χ1v) is 10.7. The molecule has 1 aliphatic rings. The number of unbranched alkanes of at least 4 members (excludes halogenated alkanes) is 1. The van der Waals surface area contributed by atoms with Crippen molar-refractivity contribution >= 4 is 27.7 Å². The topological polar surface area (TPSA) is 75.7 Å². The Morgan fingerprint density at radius 1 is 1.33 bits per heavy atom. The maximum atomic E-state index is 12.8. The van der Waals surface area contributed by atoms with Gasteiger partial charge in [-0.05, 0) is 30.9 Å². The number of benzene rings is 1. The normalized spacial score (nSPS) is 15.5. The minimum atomic E-state index is -3.60. The van der Waals surface area contributed by atoms with E-state index in [-0.39, 0.29) is 10.8 Å². The Morgan fingerprint density at radius 3 is 2.67 bits per heavy atom. The molecule has 1 aromatic rings. The van der Waals surface area contributed by atoms with Gasteiger partial charge < -0.3 is 9.64 Å². The zero-order chi connectivity index (χ0) is 17.6. The van der Waals surface area contributed by atoms with E-state index in [9.17, 15) is 13.2 Å². The van der Waals surface area contributed by atoms with E-state index in [4.69, 9.17) is 4.74 Å². The van der Waals surface area contributed by atoms with Crippen molar-refractivity contribution in [2.45, 2.75) is 29.6 Å². The number of rotatable bonds is 7. The van der Waals surface area contributed by atoms with E-state index in [1.807, 2.05) is 13.2 Å². The third kappa shape index (κ3) is 4.72. The van der Waals surface area contributed by atoms with Gasteiger partial charge in [-0.1, -0.05) is 13.3 Å². The first kappa shape index (κ1) is 19.2. The lowest BCUT2D eigenvalue weighted by Crippen LogP contribution is -2.41. The highest BCUT2D eigenvalue weighted by Crippen LogP contribution is 2.25. The summed E-state index contributed by atoms with van der Waals surface area (Å²) in [6.07, 6.45) is 3.56. The second-order valence-electron chi connectivity index (χ2n) is 5.52. The zero-order valence-electron chi connectivity index (χ0n) is 14.1. The van der Waals surface area contributed by atoms with E-state index in [1.54, 1.807) is 17.0 Å². The number of nitrogens with one attached hydrogen (secondary N) is 1. The molecule has 1 aliphatic heterocycles. The van der Waals surface area contributed by atoms with Crippen LogP contribution in [0.25, 0.3) is 0 Å². The molecule has 0 bridgehead atoms. The number of carbonyl (C=O) groups excluding carboxylic acids is 1. The first-order chi connectivity index (χ1) is 11.5. The molecule has 1 saturated heterocycles. The molecule has 1 amide bonds. The predicted octanol–water partition coefficient (Wildman–Crippen LogP) is 1.96. The highest BCUT2D eigenvalue weighted by Gasteiger charge is 2.23. The number of thioether (sulfide) groups is 1. The number of ether oxygens (including phenoxy) is 1. The standard InChI is InChI=1S/C16H24N2O4S2/c1-3-4-7-17-24(20,21)13-5-6-15(23-2)14(12-13)16(19)18-8-10-22-11-9-18/h5-6,12,17H,3-4,7-11H2,1-2H3. The Labute approximate surface area is 148 Å². The molecule has 1 heterocycles. The second-order valence-corrected chi connectivity index (χ2v) is 8.13. The van der Waals surface area contributed by atoms with Crippen molar-refractivity contribution in [1.82, 2.24) is 9.62 Å². The second kappa shape index (κ2) is 8.84. The summed E-state index contributed by atoms with van der Waals surface area (Å²) < 4.78 is 32.6. The van der Waals surface area contributed by atoms with Crippen molar-refractivity contribution in [3.8, 4) is 0 Å². The molecule has 6 nitrogen and oxygen atoms in total. The largest absolute Gasteiger partial charge is 0.378 e. The number of hydrogen-bond acceptors (Lipinski definition) is 5. The van der Waals surface area contributed by atoms with E-state index in [0.717, 1.165) is 17.7 Å². The molecular weight excluding hydrogens is 348 g/mol. The summed E-state index contributed by atoms with van der Waals surface area (Å²) in [5.41, 5.74) is 0.433. The number of nitrogens with zero attached hydrogens (tertiary/aromatic N) is 1. The number of sulfonamides is 1. The summed E-state index contributed by atoms with van der Waals surface area (Å²) in [4.78, 5) is 15.4. The Kier molecular flexibility index (Phi) is 7.09. The van der Waals surface area contributed by atoms with Gasteiger partial charge in [0.15, 0.2) is 0 Å². The molecule has 0 unspecified atom stereocenters. The monoisotopic (exact) mass is 372 g/mol. The van der Waals surface area contributed by atoms with E-state index in [0.29, 0.717) is 38.4 Å². The van der Waals surface area contributed by atoms with Crippen molar-refractivity contribution in [3.05, 3.63) is 23.8 Å². The number of carbonyl (C=O) groups is 1. The van der Waals surface area contributed by atoms with Gasteiger partial charge in [0.2, 0.25) is 10.0 Å². The van der Waals surface area contributed by atoms with Crippen LogP contribution < -0.4 is 4.72 Å². The van der Waals surface area contributed by atoms with Crippen molar-refractivity contribution in [2.75, 3.05) is 39.1 Å². The summed E-state index contributed by atoms with van der Waals surface area (Å²) in [6.45, 7) is 4.47. The third-order valence-corrected chi connectivity index (χ3v) is 6.09. The molecule has 0 atom stereocenters. The number of hydrogen-bond donors (Lipinski definition) is 1. The quantitative estimate of drug-likeness (QED) is 0.585. The molecule has 1 N–H and O–H groups in total. The number of morpholine rings is 1. The smallest absolute Gasteiger partial charge is 0.255 e. The van der Waals surface area contributed by atoms with Crippen molar-refractivity contribution in [2.24, 2.45) is 0 Å². The average Bonchev–Trinajstić information content (AvgIpc) is 2.61. The van der Waals surface area contributed by atoms with Gasteiger partial charge in [-0.15, -0.1) is 11.8 Å². The Morgan fingerprint density at radius 2 is 2.04 bits per heavy atom. The highest BCUT2D eigenvalue weighted by atomic mass is 32.2. The maximum absolute atomic E-state index is 12.8. The summed E-state index contributed by atoms with van der Waals surface area (Å²) in [5, 5.41) is 0. The molecule has 24 heavy (non-hydrogen) atoms. The fraction of sp³-hybridized carbons (Fsp3) is 0.562. The minimum absolute atomic E-state index is 0.132. The SMILES string of the molecule is CCCCNS(=O)(=O)c1ccc(SC)c(C(=O)N2CCOCC2)c1. The molecule has 1 aromatic carbocycles. The molecule has 0 radical (unpaired) electrons. The molecule has 0 spiro atoms. The van der Waals surface area contributed by atoms with Gasteiger partial charge in [-0.3, -0.25) is 4.79 Å². The molecule has 1 fully saturated rings. The summed E-state index contributed by atoms with van der Waals surface area (Å²) in [5.74, 6) is -0.145. The summed E-state index contributed by atoms with van der Waals surface area (Å²) in [7, 11) is -3.60. The van der Waals surface area contributed by atoms with Crippen LogP contribution in [0.4, 0.5) is 0 Å². The molecule has 0 saturated carbocycles. The van der Waals surface area contributed by atoms with Crippen LogP contribution in [-0.2, 0) is 14.8 Å². The lowest BCUT2D eigenvalue weighted by atomic mass is 10.2. The van der Waals surface area contributed by atoms with Gasteiger partial charge in [0, 0.05) is 24.5 Å². The van der Waals surface area contributed by atoms with Gasteiger partial charge in [-0.2, -0.15) is 0 Å². The molecule has 2 rings (SSSR count). The lowest BCUT2D eigenvalue weighted by molar-refractivity contribution is 0.0300. The van der Waals surface area contributed by atoms with Gasteiger partial charge in [-0.25, -0.2) is 13.1 Å². The number of amides is 1. The molecule has 0 aromatic heterocycles. The van der Waals surface area contributed by atoms with Gasteiger partial charge in [0.1, 0.15) is 0 Å². The van der Waals surface area contributed by atoms with Crippen LogP contribution in [0.2, 0.25) is 0 Å². The van der Waals surface area contributed by atoms with Crippen LogP contribution in [0.3, 0.4) is 0 Å². The van der Waals surface area contributed by atoms with Crippen LogP contribution in [-0.4, -0.2) is 58.3 Å². The van der Waals surface area contributed by atoms with Crippen LogP contribution in [0.15, 0.2) is 28.0 Å². The van der Waals surface area contributed by atoms with Crippen LogP contribution >= 0.6 is 11.8 Å². The maximum Gasteiger partial charge on any atom is 0.255 e. The fourth-order valence-corrected chi connectivity index (χ4v) is 4.10. The Hall–Kier alpha value is -1.09. The van der Waals surface area contributed by atoms with Crippen molar-refractivity contribution < 1.29 is 17.9 Å². The van der Waals surface area contributed by atoms with E-state index < -0.39 is 10.0 Å². The van der Waals surface area contributed by atoms with Gasteiger partial charge in [0.05, 0.1) is 23.7 Å². The van der Waals surface area contributed by atoms with E-state index in [2.05, 4.69) is 4.72 Å². The molecular formula is C16H24N2O4S2. The lowest BCUT2D eigenvalue weighted by Gasteiger charge is -2.27. The van der Waals surface area contributed by atoms with Crippen LogP contribution in [0.5, 0.6) is 0 Å². The third-order valence-electron chi connectivity index (χ3n) is 3.83. The first-order valence-electron chi connectivity index (χ1n) is 8.04. The van der Waals surface area contributed by atoms with Crippen molar-refractivity contribution in [1.29, 1.82) is 0 Å². The summed E-state index contributed by atoms with van der Waals surface area (Å²) >= 11 is 1.43. The summed E-state index contributed by atoms with van der Waals surface area (Å²) in [6, 6.07) is 4.74. The van der Waals surface area contributed by atoms with E-state index >= 15 is 0 Å². The fourth-order valence-electron chi connectivity index (χ4n) is 2.42. The predicted molar refractivity (Wildman–Crippen MR) is 95.0 cm³/mol. The van der Waals surface area contributed by atoms with Crippen molar-refractivity contribution in [3.63, 3.8) is 0 Å². The van der Waals surface area contributed by atoms with Gasteiger partial charge >= 0.3 is 0 Å². The molecule has 8 heteroatoms. The van der Waals surface area contributed by atoms with Crippen LogP contribution in [0, 0.1) is 0 Å². The Bertz CT molecular complexity index is 671.